The van der Waals surface area contributed by atoms with Crippen molar-refractivity contribution in [1.29, 1.82) is 0 Å². The maximum atomic E-state index is 5.85. The van der Waals surface area contributed by atoms with Gasteiger partial charge in [-0.3, -0.25) is 0 Å². The van der Waals surface area contributed by atoms with E-state index < -0.39 is 0 Å². The van der Waals surface area contributed by atoms with Crippen LogP contribution in [0.3, 0.4) is 0 Å². The zero-order valence-corrected chi connectivity index (χ0v) is 12.5. The van der Waals surface area contributed by atoms with E-state index >= 15 is 0 Å². The minimum Gasteiger partial charge on any atom is -0.497 e. The van der Waals surface area contributed by atoms with Gasteiger partial charge in [-0.05, 0) is 31.1 Å². The van der Waals surface area contributed by atoms with E-state index in [4.69, 9.17) is 9.47 Å². The lowest BCUT2D eigenvalue weighted by Crippen LogP contribution is -2.23. The number of thiazole rings is 1. The molecule has 2 heterocycles. The molecule has 1 aromatic heterocycles. The van der Waals surface area contributed by atoms with Crippen molar-refractivity contribution in [3.63, 3.8) is 0 Å². The van der Waals surface area contributed by atoms with E-state index in [1.807, 2.05) is 35.2 Å². The van der Waals surface area contributed by atoms with Crippen molar-refractivity contribution in [3.05, 3.63) is 53.2 Å². The van der Waals surface area contributed by atoms with Crippen LogP contribution in [0.15, 0.2) is 47.5 Å². The Labute approximate surface area is 128 Å². The van der Waals surface area contributed by atoms with Crippen molar-refractivity contribution in [2.45, 2.75) is 25.6 Å². The maximum Gasteiger partial charge on any atom is 0.142 e. The highest BCUT2D eigenvalue weighted by atomic mass is 32.1. The normalized spacial score (nSPS) is 17.2. The quantitative estimate of drug-likeness (QED) is 0.881. The molecule has 0 aliphatic carbocycles. The monoisotopic (exact) mass is 302 g/mol. The van der Waals surface area contributed by atoms with Crippen LogP contribution in [0.1, 0.15) is 18.5 Å². The Kier molecular flexibility index (Phi) is 4.74. The van der Waals surface area contributed by atoms with Gasteiger partial charge in [0.1, 0.15) is 18.5 Å². The lowest BCUT2D eigenvalue weighted by atomic mass is 10.1. The maximum absolute atomic E-state index is 5.85. The van der Waals surface area contributed by atoms with Crippen LogP contribution in [0.5, 0.6) is 5.75 Å². The Morgan fingerprint density at radius 2 is 2.33 bits per heavy atom. The van der Waals surface area contributed by atoms with Crippen LogP contribution in [0.4, 0.5) is 5.69 Å². The van der Waals surface area contributed by atoms with E-state index in [9.17, 15) is 0 Å². The SMILES string of the molecule is C1=CO[C@@H](CNc2ccccc2OCc2cscn2)CC1. The third-order valence-electron chi connectivity index (χ3n) is 3.29. The highest BCUT2D eigenvalue weighted by Crippen LogP contribution is 2.25. The van der Waals surface area contributed by atoms with E-state index in [0.717, 1.165) is 36.5 Å². The number of rotatable bonds is 6. The van der Waals surface area contributed by atoms with Crippen LogP contribution in [0, 0.1) is 0 Å². The van der Waals surface area contributed by atoms with Crippen LogP contribution in [-0.2, 0) is 11.3 Å². The number of aromatic nitrogens is 1. The molecule has 5 heteroatoms. The van der Waals surface area contributed by atoms with Gasteiger partial charge in [0.2, 0.25) is 0 Å². The summed E-state index contributed by atoms with van der Waals surface area (Å²) in [5.41, 5.74) is 3.76. The minimum atomic E-state index is 0.224. The summed E-state index contributed by atoms with van der Waals surface area (Å²) in [5.74, 6) is 0.844. The Morgan fingerprint density at radius 3 is 3.14 bits per heavy atom. The summed E-state index contributed by atoms with van der Waals surface area (Å²) >= 11 is 1.58. The molecule has 1 aromatic carbocycles. The highest BCUT2D eigenvalue weighted by Gasteiger charge is 2.12. The molecular formula is C16H18N2O2S. The van der Waals surface area contributed by atoms with Gasteiger partial charge in [0.05, 0.1) is 29.7 Å². The molecule has 2 aromatic rings. The van der Waals surface area contributed by atoms with Crippen molar-refractivity contribution in [2.75, 3.05) is 11.9 Å². The second kappa shape index (κ2) is 7.13. The van der Waals surface area contributed by atoms with E-state index in [1.165, 1.54) is 0 Å². The summed E-state index contributed by atoms with van der Waals surface area (Å²) in [6, 6.07) is 7.96. The lowest BCUT2D eigenvalue weighted by Gasteiger charge is -2.21. The van der Waals surface area contributed by atoms with Gasteiger partial charge in [-0.2, -0.15) is 0 Å². The average Bonchev–Trinajstić information content (AvgIpc) is 3.06. The Balaban J connectivity index is 1.58. The van der Waals surface area contributed by atoms with E-state index in [0.29, 0.717) is 6.61 Å². The first-order valence-electron chi connectivity index (χ1n) is 7.05. The highest BCUT2D eigenvalue weighted by molar-refractivity contribution is 7.07. The molecule has 3 rings (SSSR count). The number of hydrogen-bond acceptors (Lipinski definition) is 5. The topological polar surface area (TPSA) is 43.4 Å². The number of allylic oxidation sites excluding steroid dienone is 1. The molecule has 0 bridgehead atoms. The molecule has 0 radical (unpaired) electrons. The van der Waals surface area contributed by atoms with Gasteiger partial charge in [0.15, 0.2) is 0 Å². The summed E-state index contributed by atoms with van der Waals surface area (Å²) in [4.78, 5) is 4.23. The fourth-order valence-corrected chi connectivity index (χ4v) is 2.70. The molecule has 0 spiro atoms. The van der Waals surface area contributed by atoms with Gasteiger partial charge in [-0.15, -0.1) is 11.3 Å². The van der Waals surface area contributed by atoms with Crippen LogP contribution in [0.25, 0.3) is 0 Å². The van der Waals surface area contributed by atoms with Crippen molar-refractivity contribution < 1.29 is 9.47 Å². The molecule has 4 nitrogen and oxygen atoms in total. The van der Waals surface area contributed by atoms with Crippen molar-refractivity contribution >= 4 is 17.0 Å². The first kappa shape index (κ1) is 13.9. The zero-order chi connectivity index (χ0) is 14.3. The molecule has 1 aliphatic heterocycles. The summed E-state index contributed by atoms with van der Waals surface area (Å²) in [6.45, 7) is 1.27. The molecule has 0 fully saturated rings. The van der Waals surface area contributed by atoms with Gasteiger partial charge in [0, 0.05) is 5.38 Å². The van der Waals surface area contributed by atoms with E-state index in [2.05, 4.69) is 16.4 Å². The number of benzene rings is 1. The second-order valence-corrected chi connectivity index (χ2v) is 5.57. The zero-order valence-electron chi connectivity index (χ0n) is 11.7. The molecule has 0 saturated heterocycles. The van der Waals surface area contributed by atoms with Gasteiger partial charge >= 0.3 is 0 Å². The molecule has 1 N–H and O–H groups in total. The van der Waals surface area contributed by atoms with E-state index in [1.54, 1.807) is 17.6 Å². The summed E-state index contributed by atoms with van der Waals surface area (Å²) in [5, 5.41) is 5.41. The molecule has 110 valence electrons. The molecular weight excluding hydrogens is 284 g/mol. The van der Waals surface area contributed by atoms with Gasteiger partial charge in [-0.25, -0.2) is 4.98 Å². The summed E-state index contributed by atoms with van der Waals surface area (Å²) < 4.78 is 11.4. The standard InChI is InChI=1S/C16H18N2O2S/c1-2-7-16(20-10-13-11-21-12-18-13)15(6-1)17-9-14-5-3-4-8-19-14/h1-2,4,6-8,11-12,14,17H,3,5,9-10H2/t14-/m1/s1. The lowest BCUT2D eigenvalue weighted by molar-refractivity contribution is 0.135. The number of para-hydroxylation sites is 2. The third kappa shape index (κ3) is 3.98. The van der Waals surface area contributed by atoms with Gasteiger partial charge < -0.3 is 14.8 Å². The molecule has 0 saturated carbocycles. The molecule has 1 aliphatic rings. The number of nitrogens with zero attached hydrogens (tertiary/aromatic N) is 1. The fourth-order valence-electron chi connectivity index (χ4n) is 2.16. The Bertz CT molecular complexity index is 584. The Hall–Kier alpha value is -2.01. The number of ether oxygens (including phenoxy) is 2. The van der Waals surface area contributed by atoms with Crippen LogP contribution >= 0.6 is 11.3 Å². The average molecular weight is 302 g/mol. The first-order valence-corrected chi connectivity index (χ1v) is 7.99. The second-order valence-electron chi connectivity index (χ2n) is 4.85. The summed E-state index contributed by atoms with van der Waals surface area (Å²) in [7, 11) is 0. The smallest absolute Gasteiger partial charge is 0.142 e. The fraction of sp³-hybridized carbons (Fsp3) is 0.312. The van der Waals surface area contributed by atoms with Crippen molar-refractivity contribution in [2.24, 2.45) is 0 Å². The molecule has 21 heavy (non-hydrogen) atoms. The van der Waals surface area contributed by atoms with Gasteiger partial charge in [0.25, 0.3) is 0 Å². The van der Waals surface area contributed by atoms with Crippen LogP contribution in [0.2, 0.25) is 0 Å². The number of hydrogen-bond donors (Lipinski definition) is 1. The predicted molar refractivity (Wildman–Crippen MR) is 84.6 cm³/mol. The number of nitrogens with one attached hydrogen (secondary N) is 1. The predicted octanol–water partition coefficient (Wildman–Crippen LogP) is 3.83. The number of anilines is 1. The van der Waals surface area contributed by atoms with Crippen LogP contribution in [-0.4, -0.2) is 17.6 Å². The molecule has 0 amide bonds. The molecule has 1 atom stereocenters. The van der Waals surface area contributed by atoms with Crippen molar-refractivity contribution in [3.8, 4) is 5.75 Å². The van der Waals surface area contributed by atoms with E-state index in [-0.39, 0.29) is 6.10 Å². The third-order valence-corrected chi connectivity index (χ3v) is 3.92. The molecule has 0 unspecified atom stereocenters. The Morgan fingerprint density at radius 1 is 1.38 bits per heavy atom. The summed E-state index contributed by atoms with van der Waals surface area (Å²) in [6.07, 6.45) is 6.20. The van der Waals surface area contributed by atoms with Crippen molar-refractivity contribution in [1.82, 2.24) is 4.98 Å². The van der Waals surface area contributed by atoms with Crippen LogP contribution < -0.4 is 10.1 Å². The first-order chi connectivity index (χ1) is 10.4. The minimum absolute atomic E-state index is 0.224. The largest absolute Gasteiger partial charge is 0.497 e. The van der Waals surface area contributed by atoms with Gasteiger partial charge in [-0.1, -0.05) is 12.1 Å².